The van der Waals surface area contributed by atoms with E-state index in [0.29, 0.717) is 24.7 Å². The number of alkyl halides is 3. The molecule has 0 unspecified atom stereocenters. The lowest BCUT2D eigenvalue weighted by Crippen LogP contribution is -2.28. The Morgan fingerprint density at radius 2 is 1.67 bits per heavy atom. The molecule has 162 valence electrons. The lowest BCUT2D eigenvalue weighted by Gasteiger charge is -2.12. The summed E-state index contributed by atoms with van der Waals surface area (Å²) in [7, 11) is 0. The van der Waals surface area contributed by atoms with Crippen molar-refractivity contribution in [1.82, 2.24) is 5.32 Å². The fraction of sp³-hybridized carbons (Fsp3) is 0.333. The van der Waals surface area contributed by atoms with Crippen molar-refractivity contribution in [2.75, 3.05) is 19.8 Å². The van der Waals surface area contributed by atoms with Gasteiger partial charge in [-0.15, -0.1) is 0 Å². The van der Waals surface area contributed by atoms with E-state index in [2.05, 4.69) is 5.32 Å². The predicted octanol–water partition coefficient (Wildman–Crippen LogP) is 3.98. The fourth-order valence-corrected chi connectivity index (χ4v) is 2.50. The summed E-state index contributed by atoms with van der Waals surface area (Å²) in [4.78, 5) is 24.1. The molecule has 0 aliphatic rings. The first-order valence-electron chi connectivity index (χ1n) is 9.24. The van der Waals surface area contributed by atoms with Crippen molar-refractivity contribution < 1.29 is 37.0 Å². The second kappa shape index (κ2) is 10.5. The van der Waals surface area contributed by atoms with Crippen molar-refractivity contribution >= 4 is 11.9 Å². The summed E-state index contributed by atoms with van der Waals surface area (Å²) < 4.78 is 54.0. The number of benzene rings is 2. The second-order valence-electron chi connectivity index (χ2n) is 6.08. The Labute approximate surface area is 171 Å². The zero-order chi connectivity index (χ0) is 22.1. The molecule has 0 spiro atoms. The Bertz CT molecular complexity index is 883. The van der Waals surface area contributed by atoms with Gasteiger partial charge in [-0.1, -0.05) is 12.1 Å². The van der Waals surface area contributed by atoms with Gasteiger partial charge >= 0.3 is 12.1 Å². The molecule has 0 aromatic heterocycles. The zero-order valence-corrected chi connectivity index (χ0v) is 16.5. The first-order chi connectivity index (χ1) is 14.2. The monoisotopic (exact) mass is 425 g/mol. The highest BCUT2D eigenvalue weighted by Gasteiger charge is 2.30. The van der Waals surface area contributed by atoms with E-state index in [1.54, 1.807) is 13.0 Å². The molecule has 30 heavy (non-hydrogen) atoms. The molecule has 1 amide bonds. The van der Waals surface area contributed by atoms with Crippen LogP contribution in [0.25, 0.3) is 0 Å². The normalized spacial score (nSPS) is 11.0. The summed E-state index contributed by atoms with van der Waals surface area (Å²) in [6.45, 7) is 3.70. The van der Waals surface area contributed by atoms with Gasteiger partial charge in [0.2, 0.25) is 0 Å². The van der Waals surface area contributed by atoms with Crippen LogP contribution >= 0.6 is 0 Å². The van der Waals surface area contributed by atoms with Crippen LogP contribution in [0.1, 0.15) is 35.3 Å². The van der Waals surface area contributed by atoms with Gasteiger partial charge in [-0.3, -0.25) is 4.79 Å². The van der Waals surface area contributed by atoms with E-state index in [9.17, 15) is 22.8 Å². The number of esters is 1. The summed E-state index contributed by atoms with van der Waals surface area (Å²) in [6, 6.07) is 9.11. The van der Waals surface area contributed by atoms with E-state index in [1.807, 2.05) is 6.92 Å². The highest BCUT2D eigenvalue weighted by atomic mass is 19.4. The van der Waals surface area contributed by atoms with Crippen molar-refractivity contribution in [3.8, 4) is 11.5 Å². The smallest absolute Gasteiger partial charge is 0.416 e. The maximum Gasteiger partial charge on any atom is 0.416 e. The average molecular weight is 425 g/mol. The molecule has 2 aromatic rings. The largest absolute Gasteiger partial charge is 0.490 e. The number of amides is 1. The molecular weight excluding hydrogens is 403 g/mol. The van der Waals surface area contributed by atoms with Crippen molar-refractivity contribution in [2.24, 2.45) is 0 Å². The highest BCUT2D eigenvalue weighted by Crippen LogP contribution is 2.30. The lowest BCUT2D eigenvalue weighted by molar-refractivity contribution is -0.137. The van der Waals surface area contributed by atoms with Gasteiger partial charge in [-0.2, -0.15) is 13.2 Å². The number of hydrogen-bond acceptors (Lipinski definition) is 5. The second-order valence-corrected chi connectivity index (χ2v) is 6.08. The number of carbonyl (C=O) groups excluding carboxylic acids is 2. The Kier molecular flexibility index (Phi) is 8.08. The maximum absolute atomic E-state index is 12.7. The van der Waals surface area contributed by atoms with Crippen LogP contribution in [0.4, 0.5) is 13.2 Å². The van der Waals surface area contributed by atoms with E-state index in [4.69, 9.17) is 14.2 Å². The number of ether oxygens (including phenoxy) is 3. The van der Waals surface area contributed by atoms with Crippen LogP contribution in [0, 0.1) is 0 Å². The highest BCUT2D eigenvalue weighted by molar-refractivity contribution is 5.92. The van der Waals surface area contributed by atoms with Gasteiger partial charge in [0.1, 0.15) is 0 Å². The van der Waals surface area contributed by atoms with Crippen LogP contribution in [0.15, 0.2) is 42.5 Å². The van der Waals surface area contributed by atoms with Crippen molar-refractivity contribution in [3.05, 3.63) is 59.2 Å². The van der Waals surface area contributed by atoms with Gasteiger partial charge in [0.15, 0.2) is 18.1 Å². The number of halogens is 3. The molecule has 0 aliphatic carbocycles. The maximum atomic E-state index is 12.7. The number of carbonyl (C=O) groups is 2. The van der Waals surface area contributed by atoms with E-state index >= 15 is 0 Å². The van der Waals surface area contributed by atoms with Crippen molar-refractivity contribution in [1.29, 1.82) is 0 Å². The molecule has 0 saturated carbocycles. The quantitative estimate of drug-likeness (QED) is 0.616. The van der Waals surface area contributed by atoms with Gasteiger partial charge in [0.05, 0.1) is 24.3 Å². The molecule has 6 nitrogen and oxygen atoms in total. The Balaban J connectivity index is 1.90. The Morgan fingerprint density at radius 3 is 2.33 bits per heavy atom. The van der Waals surface area contributed by atoms with Crippen molar-refractivity contribution in [3.63, 3.8) is 0 Å². The third-order valence-electron chi connectivity index (χ3n) is 3.86. The molecule has 1 N–H and O–H groups in total. The van der Waals surface area contributed by atoms with Crippen LogP contribution in [-0.2, 0) is 22.3 Å². The van der Waals surface area contributed by atoms with E-state index in [-0.39, 0.29) is 17.7 Å². The van der Waals surface area contributed by atoms with Gasteiger partial charge < -0.3 is 19.5 Å². The van der Waals surface area contributed by atoms with Gasteiger partial charge in [-0.25, -0.2) is 4.79 Å². The topological polar surface area (TPSA) is 73.9 Å². The van der Waals surface area contributed by atoms with Crippen LogP contribution in [0.5, 0.6) is 11.5 Å². The van der Waals surface area contributed by atoms with E-state index in [0.717, 1.165) is 12.1 Å². The first-order valence-corrected chi connectivity index (χ1v) is 9.24. The third kappa shape index (κ3) is 6.68. The molecule has 0 saturated heterocycles. The van der Waals surface area contributed by atoms with E-state index in [1.165, 1.54) is 24.3 Å². The summed E-state index contributed by atoms with van der Waals surface area (Å²) >= 11 is 0. The minimum atomic E-state index is -4.46. The third-order valence-corrected chi connectivity index (χ3v) is 3.86. The van der Waals surface area contributed by atoms with E-state index < -0.39 is 30.2 Å². The van der Waals surface area contributed by atoms with Crippen LogP contribution < -0.4 is 14.8 Å². The number of rotatable bonds is 9. The molecule has 0 bridgehead atoms. The van der Waals surface area contributed by atoms with Crippen LogP contribution in [0.3, 0.4) is 0 Å². The lowest BCUT2D eigenvalue weighted by atomic mass is 10.1. The minimum Gasteiger partial charge on any atom is -0.490 e. The molecule has 2 aromatic carbocycles. The summed E-state index contributed by atoms with van der Waals surface area (Å²) in [5.41, 5.74) is -0.355. The molecule has 0 aliphatic heterocycles. The number of hydrogen-bond donors (Lipinski definition) is 1. The summed E-state index contributed by atoms with van der Waals surface area (Å²) in [5.74, 6) is -0.525. The fourth-order valence-electron chi connectivity index (χ4n) is 2.50. The molecule has 0 radical (unpaired) electrons. The summed E-state index contributed by atoms with van der Waals surface area (Å²) in [5, 5.41) is 2.41. The van der Waals surface area contributed by atoms with Crippen LogP contribution in [0.2, 0.25) is 0 Å². The zero-order valence-electron chi connectivity index (χ0n) is 16.5. The summed E-state index contributed by atoms with van der Waals surface area (Å²) in [6.07, 6.45) is -4.46. The van der Waals surface area contributed by atoms with Gasteiger partial charge in [-0.05, 0) is 49.7 Å². The Morgan fingerprint density at radius 1 is 0.967 bits per heavy atom. The Hall–Kier alpha value is -3.23. The van der Waals surface area contributed by atoms with Gasteiger partial charge in [0, 0.05) is 6.54 Å². The molecular formula is C21H22F3NO5. The first kappa shape index (κ1) is 23.1. The van der Waals surface area contributed by atoms with Crippen molar-refractivity contribution in [2.45, 2.75) is 26.6 Å². The molecule has 0 fully saturated rings. The molecule has 9 heteroatoms. The minimum absolute atomic E-state index is 0.127. The standard InChI is InChI=1S/C21H22F3NO5/c1-3-28-17-9-8-15(11-18(17)29-4-2)20(27)30-13-19(26)25-12-14-6-5-7-16(10-14)21(22,23)24/h5-11H,3-4,12-13H2,1-2H3,(H,25,26). The molecule has 0 heterocycles. The van der Waals surface area contributed by atoms with Gasteiger partial charge in [0.25, 0.3) is 5.91 Å². The predicted molar refractivity (Wildman–Crippen MR) is 102 cm³/mol. The molecule has 2 rings (SSSR count). The van der Waals surface area contributed by atoms with Crippen LogP contribution in [-0.4, -0.2) is 31.7 Å². The molecule has 0 atom stereocenters. The average Bonchev–Trinajstić information content (AvgIpc) is 2.71. The SMILES string of the molecule is CCOc1ccc(C(=O)OCC(=O)NCc2cccc(C(F)(F)F)c2)cc1OCC. The number of nitrogens with one attached hydrogen (secondary N) is 1.